The van der Waals surface area contributed by atoms with E-state index in [1.165, 1.54) is 6.92 Å². The van der Waals surface area contributed by atoms with Gasteiger partial charge in [-0.05, 0) is 25.5 Å². The zero-order valence-electron chi connectivity index (χ0n) is 14.6. The van der Waals surface area contributed by atoms with E-state index in [9.17, 15) is 19.2 Å². The molecule has 0 aliphatic carbocycles. The smallest absolute Gasteiger partial charge is 0.251 e. The Bertz CT molecular complexity index is 589. The number of aldehydes is 1. The zero-order chi connectivity index (χ0) is 18.7. The summed E-state index contributed by atoms with van der Waals surface area (Å²) in [6, 6.07) is 7.16. The standard InChI is InChI=1S/C18H25N3O4/c1-3-4-10-15(12-22)21-17(24)13(2)20-16(23)11-19-18(25)14-8-6-5-7-9-14/h5-9,12-13,15H,3-4,10-11H2,1-2H3,(H,19,25)(H,20,23)(H,21,24)/t13-,15-/m0/s1. The molecule has 1 rings (SSSR count). The van der Waals surface area contributed by atoms with Gasteiger partial charge in [0, 0.05) is 5.56 Å². The van der Waals surface area contributed by atoms with E-state index < -0.39 is 23.9 Å². The number of carbonyl (C=O) groups excluding carboxylic acids is 4. The highest BCUT2D eigenvalue weighted by Crippen LogP contribution is 1.99. The van der Waals surface area contributed by atoms with Crippen LogP contribution >= 0.6 is 0 Å². The van der Waals surface area contributed by atoms with E-state index in [1.807, 2.05) is 6.92 Å². The van der Waals surface area contributed by atoms with Crippen molar-refractivity contribution in [3.63, 3.8) is 0 Å². The number of unbranched alkanes of at least 4 members (excludes halogenated alkanes) is 1. The van der Waals surface area contributed by atoms with Crippen molar-refractivity contribution >= 4 is 24.0 Å². The van der Waals surface area contributed by atoms with E-state index in [4.69, 9.17) is 0 Å². The van der Waals surface area contributed by atoms with Crippen LogP contribution in [0.2, 0.25) is 0 Å². The Morgan fingerprint density at radius 2 is 1.80 bits per heavy atom. The third-order valence-electron chi connectivity index (χ3n) is 3.58. The summed E-state index contributed by atoms with van der Waals surface area (Å²) in [4.78, 5) is 46.6. The Morgan fingerprint density at radius 1 is 1.12 bits per heavy atom. The van der Waals surface area contributed by atoms with E-state index in [0.29, 0.717) is 18.3 Å². The summed E-state index contributed by atoms with van der Waals surface area (Å²) in [7, 11) is 0. The van der Waals surface area contributed by atoms with Crippen LogP contribution in [-0.2, 0) is 14.4 Å². The van der Waals surface area contributed by atoms with Crippen LogP contribution in [-0.4, -0.2) is 42.6 Å². The average molecular weight is 347 g/mol. The van der Waals surface area contributed by atoms with Crippen molar-refractivity contribution in [1.29, 1.82) is 0 Å². The largest absolute Gasteiger partial charge is 0.345 e. The van der Waals surface area contributed by atoms with Gasteiger partial charge in [-0.25, -0.2) is 0 Å². The molecule has 2 atom stereocenters. The fourth-order valence-corrected chi connectivity index (χ4v) is 2.12. The fourth-order valence-electron chi connectivity index (χ4n) is 2.12. The van der Waals surface area contributed by atoms with Gasteiger partial charge >= 0.3 is 0 Å². The predicted octanol–water partition coefficient (Wildman–Crippen LogP) is 0.795. The summed E-state index contributed by atoms with van der Waals surface area (Å²) < 4.78 is 0. The van der Waals surface area contributed by atoms with Crippen LogP contribution in [0.1, 0.15) is 43.5 Å². The van der Waals surface area contributed by atoms with Crippen LogP contribution in [0.5, 0.6) is 0 Å². The first-order chi connectivity index (χ1) is 12.0. The normalized spacial score (nSPS) is 12.6. The molecule has 7 nitrogen and oxygen atoms in total. The van der Waals surface area contributed by atoms with Gasteiger partial charge in [-0.15, -0.1) is 0 Å². The van der Waals surface area contributed by atoms with Crippen molar-refractivity contribution in [1.82, 2.24) is 16.0 Å². The van der Waals surface area contributed by atoms with Crippen molar-refractivity contribution in [3.8, 4) is 0 Å². The SMILES string of the molecule is CCCC[C@@H](C=O)NC(=O)[C@H](C)NC(=O)CNC(=O)c1ccccc1. The maximum absolute atomic E-state index is 12.0. The molecule has 0 radical (unpaired) electrons. The number of hydrogen-bond donors (Lipinski definition) is 3. The van der Waals surface area contributed by atoms with Crippen molar-refractivity contribution in [3.05, 3.63) is 35.9 Å². The van der Waals surface area contributed by atoms with Gasteiger partial charge in [0.1, 0.15) is 12.3 Å². The van der Waals surface area contributed by atoms with Gasteiger partial charge in [-0.1, -0.05) is 38.0 Å². The molecule has 0 bridgehead atoms. The fraction of sp³-hybridized carbons (Fsp3) is 0.444. The maximum Gasteiger partial charge on any atom is 0.251 e. The van der Waals surface area contributed by atoms with E-state index in [0.717, 1.165) is 12.8 Å². The number of benzene rings is 1. The molecule has 0 saturated heterocycles. The molecule has 1 aromatic rings. The molecule has 0 spiro atoms. The van der Waals surface area contributed by atoms with Crippen molar-refractivity contribution in [2.24, 2.45) is 0 Å². The molecule has 0 saturated carbocycles. The number of hydrogen-bond acceptors (Lipinski definition) is 4. The zero-order valence-corrected chi connectivity index (χ0v) is 14.6. The lowest BCUT2D eigenvalue weighted by Crippen LogP contribution is -2.50. The molecular weight excluding hydrogens is 322 g/mol. The van der Waals surface area contributed by atoms with Gasteiger partial charge in [-0.2, -0.15) is 0 Å². The van der Waals surface area contributed by atoms with Gasteiger partial charge in [0.15, 0.2) is 0 Å². The highest BCUT2D eigenvalue weighted by Gasteiger charge is 2.19. The van der Waals surface area contributed by atoms with Crippen molar-refractivity contribution in [2.45, 2.75) is 45.2 Å². The van der Waals surface area contributed by atoms with Crippen LogP contribution in [0.3, 0.4) is 0 Å². The van der Waals surface area contributed by atoms with E-state index >= 15 is 0 Å². The van der Waals surface area contributed by atoms with Gasteiger partial charge < -0.3 is 20.7 Å². The predicted molar refractivity (Wildman–Crippen MR) is 93.9 cm³/mol. The molecule has 7 heteroatoms. The molecule has 0 fully saturated rings. The number of rotatable bonds is 10. The minimum atomic E-state index is -0.801. The van der Waals surface area contributed by atoms with Crippen LogP contribution < -0.4 is 16.0 Å². The Morgan fingerprint density at radius 3 is 2.40 bits per heavy atom. The Hall–Kier alpha value is -2.70. The van der Waals surface area contributed by atoms with Crippen LogP contribution in [0.4, 0.5) is 0 Å². The van der Waals surface area contributed by atoms with Gasteiger partial charge in [0.05, 0.1) is 12.6 Å². The molecule has 3 N–H and O–H groups in total. The molecule has 1 aromatic carbocycles. The lowest BCUT2D eigenvalue weighted by molar-refractivity contribution is -0.129. The van der Waals surface area contributed by atoms with Crippen LogP contribution in [0.25, 0.3) is 0 Å². The number of carbonyl (C=O) groups is 4. The van der Waals surface area contributed by atoms with E-state index in [2.05, 4.69) is 16.0 Å². The highest BCUT2D eigenvalue weighted by atomic mass is 16.2. The average Bonchev–Trinajstić information content (AvgIpc) is 2.63. The summed E-state index contributed by atoms with van der Waals surface area (Å²) in [5.74, 6) is -1.28. The molecule has 25 heavy (non-hydrogen) atoms. The molecule has 0 unspecified atom stereocenters. The summed E-state index contributed by atoms with van der Waals surface area (Å²) >= 11 is 0. The molecule has 0 aromatic heterocycles. The summed E-state index contributed by atoms with van der Waals surface area (Å²) in [6.45, 7) is 3.28. The second-order valence-corrected chi connectivity index (χ2v) is 5.73. The first kappa shape index (κ1) is 20.3. The van der Waals surface area contributed by atoms with E-state index in [1.54, 1.807) is 30.3 Å². The molecule has 0 aliphatic rings. The quantitative estimate of drug-likeness (QED) is 0.544. The second-order valence-electron chi connectivity index (χ2n) is 5.73. The Kier molecular flexibility index (Phi) is 8.92. The van der Waals surface area contributed by atoms with Crippen LogP contribution in [0, 0.1) is 0 Å². The monoisotopic (exact) mass is 347 g/mol. The first-order valence-corrected chi connectivity index (χ1v) is 8.36. The minimum absolute atomic E-state index is 0.238. The van der Waals surface area contributed by atoms with Crippen molar-refractivity contribution in [2.75, 3.05) is 6.54 Å². The van der Waals surface area contributed by atoms with Crippen LogP contribution in [0.15, 0.2) is 30.3 Å². The summed E-state index contributed by atoms with van der Waals surface area (Å²) in [5, 5.41) is 7.56. The number of nitrogens with one attached hydrogen (secondary N) is 3. The third-order valence-corrected chi connectivity index (χ3v) is 3.58. The summed E-state index contributed by atoms with van der Waals surface area (Å²) in [6.07, 6.45) is 3.02. The molecule has 0 heterocycles. The van der Waals surface area contributed by atoms with Gasteiger partial charge in [0.2, 0.25) is 11.8 Å². The minimum Gasteiger partial charge on any atom is -0.345 e. The molecule has 0 aliphatic heterocycles. The van der Waals surface area contributed by atoms with E-state index in [-0.39, 0.29) is 12.5 Å². The lowest BCUT2D eigenvalue weighted by atomic mass is 10.1. The number of amides is 3. The topological polar surface area (TPSA) is 104 Å². The van der Waals surface area contributed by atoms with Gasteiger partial charge in [-0.3, -0.25) is 14.4 Å². The Labute approximate surface area is 147 Å². The van der Waals surface area contributed by atoms with Crippen molar-refractivity contribution < 1.29 is 19.2 Å². The first-order valence-electron chi connectivity index (χ1n) is 8.36. The molecule has 136 valence electrons. The third kappa shape index (κ3) is 7.60. The highest BCUT2D eigenvalue weighted by molar-refractivity contribution is 5.97. The second kappa shape index (κ2) is 11.0. The lowest BCUT2D eigenvalue weighted by Gasteiger charge is -2.17. The van der Waals surface area contributed by atoms with Gasteiger partial charge in [0.25, 0.3) is 5.91 Å². The summed E-state index contributed by atoms with van der Waals surface area (Å²) in [5.41, 5.74) is 0.450. The molecule has 3 amide bonds. The Balaban J connectivity index is 2.38. The molecular formula is C18H25N3O4. The maximum atomic E-state index is 12.0.